The van der Waals surface area contributed by atoms with Crippen molar-refractivity contribution in [2.45, 2.75) is 11.8 Å². The third kappa shape index (κ3) is 3.83. The van der Waals surface area contributed by atoms with Crippen molar-refractivity contribution in [2.24, 2.45) is 5.84 Å². The van der Waals surface area contributed by atoms with Gasteiger partial charge in [0.15, 0.2) is 0 Å². The topological polar surface area (TPSA) is 102 Å². The highest BCUT2D eigenvalue weighted by atomic mass is 35.5. The summed E-state index contributed by atoms with van der Waals surface area (Å²) in [6, 6.07) is 4.11. The number of carbonyl (C=O) groups excluding carboxylic acids is 1. The normalized spacial score (nSPS) is 11.4. The fourth-order valence-corrected chi connectivity index (χ4v) is 2.88. The lowest BCUT2D eigenvalue weighted by Crippen LogP contribution is -2.41. The van der Waals surface area contributed by atoms with Crippen LogP contribution >= 0.6 is 11.6 Å². The van der Waals surface area contributed by atoms with Gasteiger partial charge < -0.3 is 4.74 Å². The predicted octanol–water partition coefficient (Wildman–Crippen LogP) is 0.349. The standard InChI is InChI=1S/C11H16ClN3O4S/c1-3-19-10-5-4-8(6-9(10)12)20(17,18)15(2)7-11(16)14-13/h4-6H,3,7,13H2,1-2H3,(H,14,16). The number of hydrogen-bond donors (Lipinski definition) is 2. The first kappa shape index (κ1) is 16.7. The Kier molecular flexibility index (Phi) is 5.75. The summed E-state index contributed by atoms with van der Waals surface area (Å²) in [5, 5.41) is 0.185. The van der Waals surface area contributed by atoms with Crippen molar-refractivity contribution in [2.75, 3.05) is 20.2 Å². The summed E-state index contributed by atoms with van der Waals surface area (Å²) in [5.74, 6) is 4.70. The van der Waals surface area contributed by atoms with E-state index in [2.05, 4.69) is 0 Å². The molecule has 1 aromatic carbocycles. The molecule has 1 rings (SSSR count). The number of sulfonamides is 1. The van der Waals surface area contributed by atoms with Gasteiger partial charge in [-0.05, 0) is 25.1 Å². The SMILES string of the molecule is CCOc1ccc(S(=O)(=O)N(C)CC(=O)NN)cc1Cl. The molecule has 1 aromatic rings. The van der Waals surface area contributed by atoms with Gasteiger partial charge in [-0.25, -0.2) is 14.3 Å². The molecule has 0 radical (unpaired) electrons. The molecule has 0 atom stereocenters. The molecule has 0 saturated heterocycles. The minimum Gasteiger partial charge on any atom is -0.492 e. The number of carbonyl (C=O) groups is 1. The summed E-state index contributed by atoms with van der Waals surface area (Å²) in [5.41, 5.74) is 1.87. The number of hydrazine groups is 1. The molecule has 9 heteroatoms. The second-order valence-electron chi connectivity index (χ2n) is 3.85. The van der Waals surface area contributed by atoms with E-state index < -0.39 is 15.9 Å². The highest BCUT2D eigenvalue weighted by molar-refractivity contribution is 7.89. The molecule has 0 bridgehead atoms. The van der Waals surface area contributed by atoms with Crippen molar-refractivity contribution in [1.82, 2.24) is 9.73 Å². The van der Waals surface area contributed by atoms with Gasteiger partial charge in [0.1, 0.15) is 5.75 Å². The quantitative estimate of drug-likeness (QED) is 0.447. The Bertz CT molecular complexity index is 591. The second kappa shape index (κ2) is 6.89. The van der Waals surface area contributed by atoms with Crippen molar-refractivity contribution in [3.63, 3.8) is 0 Å². The molecule has 20 heavy (non-hydrogen) atoms. The Morgan fingerprint density at radius 1 is 1.50 bits per heavy atom. The van der Waals surface area contributed by atoms with E-state index in [-0.39, 0.29) is 16.5 Å². The number of rotatable bonds is 6. The van der Waals surface area contributed by atoms with Gasteiger partial charge in [0.25, 0.3) is 0 Å². The van der Waals surface area contributed by atoms with E-state index in [1.54, 1.807) is 6.92 Å². The van der Waals surface area contributed by atoms with Crippen LogP contribution in [0.2, 0.25) is 5.02 Å². The van der Waals surface area contributed by atoms with E-state index in [9.17, 15) is 13.2 Å². The Morgan fingerprint density at radius 2 is 2.15 bits per heavy atom. The van der Waals surface area contributed by atoms with Crippen LogP contribution in [0.1, 0.15) is 6.92 Å². The molecule has 0 spiro atoms. The van der Waals surface area contributed by atoms with E-state index >= 15 is 0 Å². The number of hydrogen-bond acceptors (Lipinski definition) is 5. The van der Waals surface area contributed by atoms with E-state index in [1.165, 1.54) is 25.2 Å². The van der Waals surface area contributed by atoms with Gasteiger partial charge in [-0.15, -0.1) is 0 Å². The third-order valence-electron chi connectivity index (χ3n) is 2.44. The van der Waals surface area contributed by atoms with Crippen molar-refractivity contribution in [1.29, 1.82) is 0 Å². The lowest BCUT2D eigenvalue weighted by atomic mass is 10.3. The van der Waals surface area contributed by atoms with Crippen molar-refractivity contribution in [3.05, 3.63) is 23.2 Å². The van der Waals surface area contributed by atoms with Crippen LogP contribution in [-0.2, 0) is 14.8 Å². The Balaban J connectivity index is 3.03. The van der Waals surface area contributed by atoms with Gasteiger partial charge in [-0.3, -0.25) is 10.2 Å². The number of nitrogens with one attached hydrogen (secondary N) is 1. The summed E-state index contributed by atoms with van der Waals surface area (Å²) in [7, 11) is -2.55. The van der Waals surface area contributed by atoms with E-state index in [0.29, 0.717) is 12.4 Å². The summed E-state index contributed by atoms with van der Waals surface area (Å²) >= 11 is 5.94. The molecule has 0 heterocycles. The molecular formula is C11H16ClN3O4S. The third-order valence-corrected chi connectivity index (χ3v) is 4.53. The monoisotopic (exact) mass is 321 g/mol. The molecule has 7 nitrogen and oxygen atoms in total. The van der Waals surface area contributed by atoms with E-state index in [0.717, 1.165) is 4.31 Å². The average Bonchev–Trinajstić information content (AvgIpc) is 2.40. The van der Waals surface area contributed by atoms with Gasteiger partial charge in [-0.2, -0.15) is 4.31 Å². The lowest BCUT2D eigenvalue weighted by molar-refractivity contribution is -0.121. The van der Waals surface area contributed by atoms with Crippen LogP contribution in [-0.4, -0.2) is 38.8 Å². The van der Waals surface area contributed by atoms with Crippen molar-refractivity contribution in [3.8, 4) is 5.75 Å². The minimum atomic E-state index is -3.82. The van der Waals surface area contributed by atoms with Gasteiger partial charge in [0, 0.05) is 7.05 Å². The zero-order valence-electron chi connectivity index (χ0n) is 11.1. The van der Waals surface area contributed by atoms with Gasteiger partial charge in [0.05, 0.1) is 23.1 Å². The lowest BCUT2D eigenvalue weighted by Gasteiger charge is -2.16. The molecule has 0 saturated carbocycles. The van der Waals surface area contributed by atoms with Crippen molar-refractivity contribution < 1.29 is 17.9 Å². The molecule has 0 aliphatic carbocycles. The molecule has 1 amide bonds. The average molecular weight is 322 g/mol. The maximum Gasteiger partial charge on any atom is 0.249 e. The largest absolute Gasteiger partial charge is 0.492 e. The van der Waals surface area contributed by atoms with Gasteiger partial charge in [0.2, 0.25) is 15.9 Å². The van der Waals surface area contributed by atoms with Crippen LogP contribution in [0, 0.1) is 0 Å². The number of nitrogens with two attached hydrogens (primary N) is 1. The highest BCUT2D eigenvalue weighted by Crippen LogP contribution is 2.28. The zero-order chi connectivity index (χ0) is 15.3. The first-order chi connectivity index (χ1) is 9.32. The number of ether oxygens (including phenoxy) is 1. The maximum atomic E-state index is 12.2. The summed E-state index contributed by atoms with van der Waals surface area (Å²) < 4.78 is 30.5. The zero-order valence-corrected chi connectivity index (χ0v) is 12.7. The second-order valence-corrected chi connectivity index (χ2v) is 6.31. The molecular weight excluding hydrogens is 306 g/mol. The molecule has 0 unspecified atom stereocenters. The number of amides is 1. The van der Waals surface area contributed by atoms with Crippen molar-refractivity contribution >= 4 is 27.5 Å². The molecule has 0 aromatic heterocycles. The summed E-state index contributed by atoms with van der Waals surface area (Å²) in [4.78, 5) is 11.1. The minimum absolute atomic E-state index is 0.0294. The Hall–Kier alpha value is -1.35. The molecule has 112 valence electrons. The highest BCUT2D eigenvalue weighted by Gasteiger charge is 2.23. The number of benzene rings is 1. The van der Waals surface area contributed by atoms with Crippen LogP contribution in [0.3, 0.4) is 0 Å². The number of nitrogens with zero attached hydrogens (tertiary/aromatic N) is 1. The smallest absolute Gasteiger partial charge is 0.249 e. The van der Waals surface area contributed by atoms with Crippen LogP contribution in [0.4, 0.5) is 0 Å². The van der Waals surface area contributed by atoms with Gasteiger partial charge >= 0.3 is 0 Å². The van der Waals surface area contributed by atoms with E-state index in [4.69, 9.17) is 22.2 Å². The molecule has 0 aliphatic heterocycles. The Labute approximate surface area is 122 Å². The fraction of sp³-hybridized carbons (Fsp3) is 0.364. The first-order valence-corrected chi connectivity index (χ1v) is 7.52. The van der Waals surface area contributed by atoms with Gasteiger partial charge in [-0.1, -0.05) is 11.6 Å². The van der Waals surface area contributed by atoms with Crippen LogP contribution < -0.4 is 16.0 Å². The maximum absolute atomic E-state index is 12.2. The fourth-order valence-electron chi connectivity index (χ4n) is 1.43. The molecule has 0 fully saturated rings. The summed E-state index contributed by atoms with van der Waals surface area (Å²) in [6.45, 7) is 1.83. The number of halogens is 1. The first-order valence-electron chi connectivity index (χ1n) is 5.71. The predicted molar refractivity (Wildman–Crippen MR) is 74.8 cm³/mol. The Morgan fingerprint density at radius 3 is 2.65 bits per heavy atom. The summed E-state index contributed by atoms with van der Waals surface area (Å²) in [6.07, 6.45) is 0. The molecule has 0 aliphatic rings. The number of likely N-dealkylation sites (N-methyl/N-ethyl adjacent to an activating group) is 1. The van der Waals surface area contributed by atoms with Crippen LogP contribution in [0.5, 0.6) is 5.75 Å². The molecule has 3 N–H and O–H groups in total. The van der Waals surface area contributed by atoms with E-state index in [1.807, 2.05) is 5.43 Å². The van der Waals surface area contributed by atoms with Crippen LogP contribution in [0.15, 0.2) is 23.1 Å². The van der Waals surface area contributed by atoms with Crippen LogP contribution in [0.25, 0.3) is 0 Å².